The Morgan fingerprint density at radius 3 is 2.50 bits per heavy atom. The normalized spacial score (nSPS) is 36.3. The van der Waals surface area contributed by atoms with Crippen LogP contribution in [0.4, 0.5) is 0 Å². The van der Waals surface area contributed by atoms with Gasteiger partial charge < -0.3 is 20.9 Å². The van der Waals surface area contributed by atoms with Gasteiger partial charge in [0.1, 0.15) is 0 Å². The maximum atomic E-state index is 12.0. The number of ether oxygens (including phenoxy) is 1. The van der Waals surface area contributed by atoms with E-state index in [0.717, 1.165) is 19.3 Å². The van der Waals surface area contributed by atoms with Gasteiger partial charge >= 0.3 is 5.97 Å². The lowest BCUT2D eigenvalue weighted by molar-refractivity contribution is -0.144. The number of rotatable bonds is 3. The van der Waals surface area contributed by atoms with E-state index in [9.17, 15) is 9.59 Å². The number of hydrogen-bond acceptors (Lipinski definition) is 4. The van der Waals surface area contributed by atoms with Crippen LogP contribution in [-0.4, -0.2) is 42.3 Å². The molecule has 2 rings (SSSR count). The minimum absolute atomic E-state index is 0.168. The fourth-order valence-corrected chi connectivity index (χ4v) is 2.73. The Hall–Kier alpha value is -1.14. The van der Waals surface area contributed by atoms with E-state index >= 15 is 0 Å². The molecule has 1 saturated carbocycles. The zero-order chi connectivity index (χ0) is 13.1. The van der Waals surface area contributed by atoms with Crippen LogP contribution in [0, 0.1) is 11.8 Å². The molecule has 0 spiro atoms. The van der Waals surface area contributed by atoms with Crippen LogP contribution in [0.25, 0.3) is 0 Å². The molecule has 18 heavy (non-hydrogen) atoms. The summed E-state index contributed by atoms with van der Waals surface area (Å²) in [5.41, 5.74) is 5.78. The standard InChI is InChI=1S/C12H20N2O4/c13-9-6-18-5-8(9)11(15)14-10-4-2-1-3-7(10)12(16)17/h7-10H,1-6,13H2,(H,14,15)(H,16,17). The van der Waals surface area contributed by atoms with Gasteiger partial charge in [-0.05, 0) is 12.8 Å². The summed E-state index contributed by atoms with van der Waals surface area (Å²) in [6.07, 6.45) is 3.23. The molecule has 4 unspecified atom stereocenters. The Morgan fingerprint density at radius 1 is 1.17 bits per heavy atom. The van der Waals surface area contributed by atoms with Crippen molar-refractivity contribution in [3.63, 3.8) is 0 Å². The largest absolute Gasteiger partial charge is 0.481 e. The van der Waals surface area contributed by atoms with Crippen molar-refractivity contribution >= 4 is 11.9 Å². The molecule has 0 aromatic rings. The van der Waals surface area contributed by atoms with Crippen molar-refractivity contribution in [1.82, 2.24) is 5.32 Å². The lowest BCUT2D eigenvalue weighted by atomic mass is 9.84. The first kappa shape index (κ1) is 13.3. The first-order valence-electron chi connectivity index (χ1n) is 6.46. The van der Waals surface area contributed by atoms with E-state index in [4.69, 9.17) is 15.6 Å². The molecule has 4 atom stereocenters. The van der Waals surface area contributed by atoms with Crippen molar-refractivity contribution in [2.75, 3.05) is 13.2 Å². The number of aliphatic carboxylic acids is 1. The van der Waals surface area contributed by atoms with Crippen LogP contribution in [0.2, 0.25) is 0 Å². The van der Waals surface area contributed by atoms with E-state index in [2.05, 4.69) is 5.32 Å². The van der Waals surface area contributed by atoms with Gasteiger partial charge in [0, 0.05) is 12.1 Å². The summed E-state index contributed by atoms with van der Waals surface area (Å²) in [6.45, 7) is 0.725. The third-order valence-corrected chi connectivity index (χ3v) is 3.87. The summed E-state index contributed by atoms with van der Waals surface area (Å²) in [7, 11) is 0. The highest BCUT2D eigenvalue weighted by molar-refractivity contribution is 5.81. The molecule has 1 saturated heterocycles. The average molecular weight is 256 g/mol. The molecule has 6 heteroatoms. The van der Waals surface area contributed by atoms with Gasteiger partial charge in [-0.1, -0.05) is 12.8 Å². The predicted molar refractivity (Wildman–Crippen MR) is 63.8 cm³/mol. The Labute approximate surface area is 106 Å². The molecule has 2 aliphatic rings. The summed E-state index contributed by atoms with van der Waals surface area (Å²) >= 11 is 0. The monoisotopic (exact) mass is 256 g/mol. The molecule has 1 amide bonds. The van der Waals surface area contributed by atoms with Crippen molar-refractivity contribution in [2.24, 2.45) is 17.6 Å². The van der Waals surface area contributed by atoms with Gasteiger partial charge in [-0.3, -0.25) is 9.59 Å². The van der Waals surface area contributed by atoms with E-state index in [1.54, 1.807) is 0 Å². The third-order valence-electron chi connectivity index (χ3n) is 3.87. The predicted octanol–water partition coefficient (Wildman–Crippen LogP) is -0.280. The van der Waals surface area contributed by atoms with Crippen molar-refractivity contribution in [1.29, 1.82) is 0 Å². The molecule has 2 fully saturated rings. The third kappa shape index (κ3) is 2.81. The second-order valence-corrected chi connectivity index (χ2v) is 5.15. The molecular weight excluding hydrogens is 236 g/mol. The van der Waals surface area contributed by atoms with E-state index in [0.29, 0.717) is 19.6 Å². The molecule has 0 bridgehead atoms. The Morgan fingerprint density at radius 2 is 1.89 bits per heavy atom. The SMILES string of the molecule is NC1COCC1C(=O)NC1CCCCC1C(=O)O. The van der Waals surface area contributed by atoms with Crippen LogP contribution < -0.4 is 11.1 Å². The van der Waals surface area contributed by atoms with Crippen molar-refractivity contribution in [2.45, 2.75) is 37.8 Å². The van der Waals surface area contributed by atoms with Crippen LogP contribution in [-0.2, 0) is 14.3 Å². The van der Waals surface area contributed by atoms with Crippen LogP contribution in [0.5, 0.6) is 0 Å². The summed E-state index contributed by atoms with van der Waals surface area (Å²) in [6, 6.07) is -0.548. The Kier molecular flexibility index (Phi) is 4.19. The van der Waals surface area contributed by atoms with E-state index in [-0.39, 0.29) is 23.9 Å². The van der Waals surface area contributed by atoms with Crippen LogP contribution in [0.3, 0.4) is 0 Å². The van der Waals surface area contributed by atoms with Crippen LogP contribution in [0.15, 0.2) is 0 Å². The summed E-state index contributed by atoms with van der Waals surface area (Å²) < 4.78 is 5.15. The lowest BCUT2D eigenvalue weighted by Crippen LogP contribution is -2.50. The quantitative estimate of drug-likeness (QED) is 0.644. The summed E-state index contributed by atoms with van der Waals surface area (Å²) in [5, 5.41) is 12.0. The van der Waals surface area contributed by atoms with Gasteiger partial charge in [0.25, 0.3) is 0 Å². The van der Waals surface area contributed by atoms with Gasteiger partial charge in [0.05, 0.1) is 25.0 Å². The molecule has 1 aliphatic heterocycles. The van der Waals surface area contributed by atoms with Crippen LogP contribution >= 0.6 is 0 Å². The molecule has 6 nitrogen and oxygen atoms in total. The summed E-state index contributed by atoms with van der Waals surface area (Å²) in [5.74, 6) is -1.81. The first-order valence-corrected chi connectivity index (χ1v) is 6.46. The zero-order valence-electron chi connectivity index (χ0n) is 10.3. The van der Waals surface area contributed by atoms with E-state index in [1.165, 1.54) is 0 Å². The molecular formula is C12H20N2O4. The van der Waals surface area contributed by atoms with Gasteiger partial charge in [-0.2, -0.15) is 0 Å². The minimum atomic E-state index is -0.827. The second-order valence-electron chi connectivity index (χ2n) is 5.15. The zero-order valence-corrected chi connectivity index (χ0v) is 10.3. The van der Waals surface area contributed by atoms with Gasteiger partial charge in [-0.15, -0.1) is 0 Å². The number of carbonyl (C=O) groups excluding carboxylic acids is 1. The number of hydrogen-bond donors (Lipinski definition) is 3. The van der Waals surface area contributed by atoms with E-state index < -0.39 is 11.9 Å². The highest BCUT2D eigenvalue weighted by Crippen LogP contribution is 2.25. The van der Waals surface area contributed by atoms with Gasteiger partial charge in [0.2, 0.25) is 5.91 Å². The number of nitrogens with two attached hydrogens (primary N) is 1. The molecule has 0 radical (unpaired) electrons. The summed E-state index contributed by atoms with van der Waals surface area (Å²) in [4.78, 5) is 23.2. The Bertz CT molecular complexity index is 334. The maximum absolute atomic E-state index is 12.0. The fraction of sp³-hybridized carbons (Fsp3) is 0.833. The molecule has 1 heterocycles. The number of amides is 1. The number of nitrogens with one attached hydrogen (secondary N) is 1. The minimum Gasteiger partial charge on any atom is -0.481 e. The second kappa shape index (κ2) is 5.67. The average Bonchev–Trinajstić information content (AvgIpc) is 2.76. The van der Waals surface area contributed by atoms with Crippen molar-refractivity contribution in [3.8, 4) is 0 Å². The first-order chi connectivity index (χ1) is 8.59. The van der Waals surface area contributed by atoms with Gasteiger partial charge in [-0.25, -0.2) is 0 Å². The molecule has 1 aliphatic carbocycles. The maximum Gasteiger partial charge on any atom is 0.308 e. The smallest absolute Gasteiger partial charge is 0.308 e. The fourth-order valence-electron chi connectivity index (χ4n) is 2.73. The van der Waals surface area contributed by atoms with Crippen molar-refractivity contribution in [3.05, 3.63) is 0 Å². The van der Waals surface area contributed by atoms with E-state index in [1.807, 2.05) is 0 Å². The Balaban J connectivity index is 1.94. The van der Waals surface area contributed by atoms with Crippen molar-refractivity contribution < 1.29 is 19.4 Å². The highest BCUT2D eigenvalue weighted by atomic mass is 16.5. The molecule has 0 aromatic heterocycles. The van der Waals surface area contributed by atoms with Gasteiger partial charge in [0.15, 0.2) is 0 Å². The molecule has 0 aromatic carbocycles. The highest BCUT2D eigenvalue weighted by Gasteiger charge is 2.36. The number of carboxylic acids is 1. The molecule has 4 N–H and O–H groups in total. The molecule has 102 valence electrons. The number of carboxylic acid groups (broad SMARTS) is 1. The number of carbonyl (C=O) groups is 2. The lowest BCUT2D eigenvalue weighted by Gasteiger charge is -2.30. The topological polar surface area (TPSA) is 102 Å². The van der Waals surface area contributed by atoms with Crippen LogP contribution in [0.1, 0.15) is 25.7 Å².